The molecule has 18 heavy (non-hydrogen) atoms. The van der Waals surface area contributed by atoms with Gasteiger partial charge in [-0.1, -0.05) is 6.42 Å². The molecule has 4 atom stereocenters. The van der Waals surface area contributed by atoms with Crippen molar-refractivity contribution in [1.29, 1.82) is 0 Å². The van der Waals surface area contributed by atoms with E-state index in [4.69, 9.17) is 9.53 Å². The zero-order chi connectivity index (χ0) is 13.6. The van der Waals surface area contributed by atoms with Crippen LogP contribution in [0.1, 0.15) is 32.1 Å². The third kappa shape index (κ3) is 4.97. The summed E-state index contributed by atoms with van der Waals surface area (Å²) < 4.78 is 5.69. The van der Waals surface area contributed by atoms with Gasteiger partial charge in [-0.05, 0) is 50.2 Å². The molecule has 0 heterocycles. The number of aliphatic hydroxyl groups excluding tert-OH is 3. The molecule has 0 spiro atoms. The topological polar surface area (TPSA) is 69.9 Å². The Balaban J connectivity index is 2.34. The van der Waals surface area contributed by atoms with E-state index in [0.29, 0.717) is 12.3 Å². The van der Waals surface area contributed by atoms with Crippen molar-refractivity contribution >= 4 is 8.32 Å². The van der Waals surface area contributed by atoms with Gasteiger partial charge in [0.15, 0.2) is 8.32 Å². The van der Waals surface area contributed by atoms with Gasteiger partial charge in [0.05, 0.1) is 12.2 Å². The van der Waals surface area contributed by atoms with Crippen LogP contribution in [0.25, 0.3) is 0 Å². The summed E-state index contributed by atoms with van der Waals surface area (Å²) in [6.45, 7) is 2.46. The second kappa shape index (κ2) is 7.60. The highest BCUT2D eigenvalue weighted by Crippen LogP contribution is 2.31. The molecule has 1 saturated carbocycles. The normalized spacial score (nSPS) is 32.2. The van der Waals surface area contributed by atoms with Crippen LogP contribution in [-0.2, 0) is 4.43 Å². The van der Waals surface area contributed by atoms with Crippen LogP contribution < -0.4 is 0 Å². The van der Waals surface area contributed by atoms with Crippen LogP contribution in [0.4, 0.5) is 0 Å². The highest BCUT2D eigenvalue weighted by molar-refractivity contribution is 6.72. The third-order valence-corrected chi connectivity index (χ3v) is 8.07. The van der Waals surface area contributed by atoms with Crippen LogP contribution in [0.2, 0.25) is 18.6 Å². The predicted molar refractivity (Wildman–Crippen MR) is 73.9 cm³/mol. The third-order valence-electron chi connectivity index (χ3n) is 4.33. The molecular formula is C13H28O4Si. The summed E-state index contributed by atoms with van der Waals surface area (Å²) in [5, 5.41) is 28.1. The predicted octanol–water partition coefficient (Wildman–Crippen LogP) is 1.50. The Labute approximate surface area is 111 Å². The molecule has 0 aliphatic heterocycles. The molecule has 1 fully saturated rings. The van der Waals surface area contributed by atoms with Crippen molar-refractivity contribution in [2.75, 3.05) is 13.7 Å². The number of hydrogen-bond donors (Lipinski definition) is 3. The average Bonchev–Trinajstić information content (AvgIpc) is 2.38. The lowest BCUT2D eigenvalue weighted by Crippen LogP contribution is -2.36. The molecule has 4 unspecified atom stereocenters. The summed E-state index contributed by atoms with van der Waals surface area (Å²) in [4.78, 5) is 0. The fourth-order valence-electron chi connectivity index (χ4n) is 2.77. The van der Waals surface area contributed by atoms with Crippen molar-refractivity contribution in [3.63, 3.8) is 0 Å². The van der Waals surface area contributed by atoms with Crippen molar-refractivity contribution in [3.05, 3.63) is 0 Å². The van der Waals surface area contributed by atoms with Gasteiger partial charge in [0.1, 0.15) is 0 Å². The number of rotatable bonds is 7. The Kier molecular flexibility index (Phi) is 6.80. The van der Waals surface area contributed by atoms with E-state index in [2.05, 4.69) is 6.55 Å². The molecule has 0 amide bonds. The van der Waals surface area contributed by atoms with Crippen LogP contribution in [0.5, 0.6) is 0 Å². The molecule has 0 aromatic carbocycles. The van der Waals surface area contributed by atoms with Crippen LogP contribution >= 0.6 is 0 Å². The molecule has 1 aliphatic carbocycles. The zero-order valence-corrected chi connectivity index (χ0v) is 12.6. The summed E-state index contributed by atoms with van der Waals surface area (Å²) in [5.41, 5.74) is 0. The SMILES string of the molecule is CO[Si](C)(CCCO)CCC1CCC(O)C(O)C1. The van der Waals surface area contributed by atoms with E-state index in [0.717, 1.165) is 37.8 Å². The molecule has 108 valence electrons. The van der Waals surface area contributed by atoms with E-state index < -0.39 is 20.5 Å². The Morgan fingerprint density at radius 1 is 1.17 bits per heavy atom. The zero-order valence-electron chi connectivity index (χ0n) is 11.6. The van der Waals surface area contributed by atoms with Crippen LogP contribution in [0.3, 0.4) is 0 Å². The van der Waals surface area contributed by atoms with Gasteiger partial charge in [0.2, 0.25) is 0 Å². The van der Waals surface area contributed by atoms with Crippen molar-refractivity contribution < 1.29 is 19.7 Å². The molecule has 1 rings (SSSR count). The molecule has 0 saturated heterocycles. The minimum absolute atomic E-state index is 0.236. The van der Waals surface area contributed by atoms with Crippen molar-refractivity contribution in [2.45, 2.75) is 62.9 Å². The van der Waals surface area contributed by atoms with Crippen LogP contribution in [0.15, 0.2) is 0 Å². The van der Waals surface area contributed by atoms with E-state index in [1.165, 1.54) is 0 Å². The lowest BCUT2D eigenvalue weighted by Gasteiger charge is -2.32. The molecule has 4 nitrogen and oxygen atoms in total. The van der Waals surface area contributed by atoms with E-state index in [1.807, 2.05) is 0 Å². The maximum atomic E-state index is 9.67. The quantitative estimate of drug-likeness (QED) is 0.616. The maximum Gasteiger partial charge on any atom is 0.189 e. The maximum absolute atomic E-state index is 9.67. The Morgan fingerprint density at radius 2 is 1.89 bits per heavy atom. The fraction of sp³-hybridized carbons (Fsp3) is 1.00. The Bertz CT molecular complexity index is 239. The summed E-state index contributed by atoms with van der Waals surface area (Å²) in [6.07, 6.45) is 3.27. The Morgan fingerprint density at radius 3 is 2.44 bits per heavy atom. The summed E-state index contributed by atoms with van der Waals surface area (Å²) in [7, 11) is 0.109. The largest absolute Gasteiger partial charge is 0.420 e. The second-order valence-electron chi connectivity index (χ2n) is 5.83. The monoisotopic (exact) mass is 276 g/mol. The van der Waals surface area contributed by atoms with Crippen LogP contribution in [0, 0.1) is 5.92 Å². The standard InChI is InChI=1S/C13H28O4Si/c1-17-18(2,8-3-7-14)9-6-11-4-5-12(15)13(16)10-11/h11-16H,3-10H2,1-2H3. The van der Waals surface area contributed by atoms with Crippen molar-refractivity contribution in [1.82, 2.24) is 0 Å². The van der Waals surface area contributed by atoms with Gasteiger partial charge in [-0.25, -0.2) is 0 Å². The first-order valence-corrected chi connectivity index (χ1v) is 9.85. The van der Waals surface area contributed by atoms with E-state index in [9.17, 15) is 10.2 Å². The first-order chi connectivity index (χ1) is 8.50. The average molecular weight is 276 g/mol. The van der Waals surface area contributed by atoms with E-state index >= 15 is 0 Å². The second-order valence-corrected chi connectivity index (χ2v) is 10.1. The van der Waals surface area contributed by atoms with Gasteiger partial charge in [0, 0.05) is 13.7 Å². The first kappa shape index (κ1) is 16.1. The highest BCUT2D eigenvalue weighted by atomic mass is 28.4. The summed E-state index contributed by atoms with van der Waals surface area (Å²) in [6, 6.07) is 2.08. The molecule has 0 radical (unpaired) electrons. The summed E-state index contributed by atoms with van der Waals surface area (Å²) in [5.74, 6) is 0.513. The summed E-state index contributed by atoms with van der Waals surface area (Å²) >= 11 is 0. The van der Waals surface area contributed by atoms with Gasteiger partial charge >= 0.3 is 0 Å². The van der Waals surface area contributed by atoms with Crippen molar-refractivity contribution in [3.8, 4) is 0 Å². The fourth-order valence-corrected chi connectivity index (χ4v) is 5.35. The van der Waals surface area contributed by atoms with Gasteiger partial charge < -0.3 is 19.7 Å². The molecule has 1 aliphatic rings. The van der Waals surface area contributed by atoms with E-state index in [1.54, 1.807) is 7.11 Å². The minimum atomic E-state index is -1.67. The number of aliphatic hydroxyl groups is 3. The van der Waals surface area contributed by atoms with Gasteiger partial charge in [-0.3, -0.25) is 0 Å². The van der Waals surface area contributed by atoms with Gasteiger partial charge in [0.25, 0.3) is 0 Å². The Hall–Kier alpha value is 0.0569. The minimum Gasteiger partial charge on any atom is -0.420 e. The number of hydrogen-bond acceptors (Lipinski definition) is 4. The molecular weight excluding hydrogens is 248 g/mol. The molecule has 3 N–H and O–H groups in total. The smallest absolute Gasteiger partial charge is 0.189 e. The molecule has 5 heteroatoms. The van der Waals surface area contributed by atoms with Crippen molar-refractivity contribution in [2.24, 2.45) is 5.92 Å². The van der Waals surface area contributed by atoms with E-state index in [-0.39, 0.29) is 6.61 Å². The van der Waals surface area contributed by atoms with Crippen LogP contribution in [-0.4, -0.2) is 49.6 Å². The molecule has 0 bridgehead atoms. The van der Waals surface area contributed by atoms with Gasteiger partial charge in [-0.15, -0.1) is 0 Å². The molecule has 0 aromatic rings. The van der Waals surface area contributed by atoms with Gasteiger partial charge in [-0.2, -0.15) is 0 Å². The lowest BCUT2D eigenvalue weighted by molar-refractivity contribution is -0.0259. The molecule has 0 aromatic heterocycles. The first-order valence-electron chi connectivity index (χ1n) is 7.03. The lowest BCUT2D eigenvalue weighted by atomic mass is 9.84. The highest BCUT2D eigenvalue weighted by Gasteiger charge is 2.31.